The number of hydrogen-bond donors (Lipinski definition) is 3. The summed E-state index contributed by atoms with van der Waals surface area (Å²) < 4.78 is 0. The third-order valence-corrected chi connectivity index (χ3v) is 3.00. The number of amides is 1. The van der Waals surface area contributed by atoms with Gasteiger partial charge in [0.2, 0.25) is 5.91 Å². The molecule has 1 heterocycles. The number of H-pyrrole nitrogens is 1. The number of benzene rings is 1. The summed E-state index contributed by atoms with van der Waals surface area (Å²) in [7, 11) is 0. The zero-order valence-corrected chi connectivity index (χ0v) is 10.4. The van der Waals surface area contributed by atoms with Crippen LogP contribution in [0.2, 0.25) is 0 Å². The van der Waals surface area contributed by atoms with Crippen molar-refractivity contribution in [3.63, 3.8) is 0 Å². The van der Waals surface area contributed by atoms with Gasteiger partial charge >= 0.3 is 0 Å². The van der Waals surface area contributed by atoms with Gasteiger partial charge in [-0.25, -0.2) is 0 Å². The molecule has 1 unspecified atom stereocenters. The van der Waals surface area contributed by atoms with E-state index in [-0.39, 0.29) is 11.8 Å². The van der Waals surface area contributed by atoms with Crippen LogP contribution in [-0.4, -0.2) is 22.6 Å². The normalized spacial score (nSPS) is 12.6. The van der Waals surface area contributed by atoms with Crippen molar-refractivity contribution >= 4 is 22.5 Å². The average molecular weight is 246 g/mol. The second-order valence-corrected chi connectivity index (χ2v) is 4.38. The van der Waals surface area contributed by atoms with E-state index in [4.69, 9.17) is 5.73 Å². The van der Waals surface area contributed by atoms with E-state index < -0.39 is 0 Å². The zero-order valence-electron chi connectivity index (χ0n) is 10.4. The van der Waals surface area contributed by atoms with E-state index >= 15 is 0 Å². The molecule has 0 saturated carbocycles. The first-order chi connectivity index (χ1) is 8.74. The molecule has 0 spiro atoms. The second-order valence-electron chi connectivity index (χ2n) is 4.38. The van der Waals surface area contributed by atoms with Gasteiger partial charge in [-0.3, -0.25) is 9.89 Å². The highest BCUT2D eigenvalue weighted by atomic mass is 16.1. The molecule has 1 aromatic heterocycles. The summed E-state index contributed by atoms with van der Waals surface area (Å²) in [5.41, 5.74) is 7.35. The van der Waals surface area contributed by atoms with Crippen LogP contribution in [0.3, 0.4) is 0 Å². The molecule has 2 aromatic rings. The molecule has 5 nitrogen and oxygen atoms in total. The van der Waals surface area contributed by atoms with E-state index in [9.17, 15) is 4.79 Å². The minimum atomic E-state index is -0.116. The maximum atomic E-state index is 12.0. The van der Waals surface area contributed by atoms with Crippen molar-refractivity contribution in [1.82, 2.24) is 10.2 Å². The number of aromatic amines is 1. The Morgan fingerprint density at radius 3 is 3.11 bits per heavy atom. The Morgan fingerprint density at radius 1 is 1.56 bits per heavy atom. The van der Waals surface area contributed by atoms with E-state index in [1.54, 1.807) is 6.20 Å². The molecule has 5 heteroatoms. The molecule has 0 bridgehead atoms. The van der Waals surface area contributed by atoms with Crippen LogP contribution >= 0.6 is 0 Å². The Hall–Kier alpha value is -1.88. The average Bonchev–Trinajstić information content (AvgIpc) is 2.83. The predicted octanol–water partition coefficient (Wildman–Crippen LogP) is 1.88. The lowest BCUT2D eigenvalue weighted by molar-refractivity contribution is -0.119. The molecule has 0 fully saturated rings. The summed E-state index contributed by atoms with van der Waals surface area (Å²) in [6.07, 6.45) is 3.50. The Kier molecular flexibility index (Phi) is 3.94. The monoisotopic (exact) mass is 246 g/mol. The van der Waals surface area contributed by atoms with Crippen LogP contribution in [0.5, 0.6) is 0 Å². The van der Waals surface area contributed by atoms with Crippen LogP contribution in [0.15, 0.2) is 24.4 Å². The van der Waals surface area contributed by atoms with Gasteiger partial charge in [0.25, 0.3) is 0 Å². The van der Waals surface area contributed by atoms with Crippen molar-refractivity contribution in [2.75, 3.05) is 11.9 Å². The quantitative estimate of drug-likeness (QED) is 0.753. The molecular formula is C13H18N4O. The largest absolute Gasteiger partial charge is 0.330 e. The summed E-state index contributed by atoms with van der Waals surface area (Å²) in [5.74, 6) is -0.128. The molecule has 4 N–H and O–H groups in total. The molecule has 1 atom stereocenters. The number of anilines is 1. The lowest BCUT2D eigenvalue weighted by Gasteiger charge is -2.13. The number of rotatable bonds is 5. The number of carbonyl (C=O) groups excluding carboxylic acids is 1. The first kappa shape index (κ1) is 12.6. The summed E-state index contributed by atoms with van der Waals surface area (Å²) in [6, 6.07) is 5.66. The van der Waals surface area contributed by atoms with Gasteiger partial charge in [-0.2, -0.15) is 5.10 Å². The molecule has 1 amide bonds. The van der Waals surface area contributed by atoms with Crippen molar-refractivity contribution in [2.45, 2.75) is 19.8 Å². The summed E-state index contributed by atoms with van der Waals surface area (Å²) in [6.45, 7) is 2.43. The van der Waals surface area contributed by atoms with Crippen LogP contribution < -0.4 is 11.1 Å². The number of aromatic nitrogens is 2. The van der Waals surface area contributed by atoms with Gasteiger partial charge in [-0.05, 0) is 24.6 Å². The SMILES string of the molecule is CCCC(CN)C(=O)Nc1ccc2[nH]ncc2c1. The van der Waals surface area contributed by atoms with Gasteiger partial charge in [0, 0.05) is 17.6 Å². The van der Waals surface area contributed by atoms with Crippen molar-refractivity contribution in [3.05, 3.63) is 24.4 Å². The van der Waals surface area contributed by atoms with Gasteiger partial charge < -0.3 is 11.1 Å². The van der Waals surface area contributed by atoms with E-state index in [1.165, 1.54) is 0 Å². The topological polar surface area (TPSA) is 83.8 Å². The van der Waals surface area contributed by atoms with Crippen LogP contribution in [-0.2, 0) is 4.79 Å². The highest BCUT2D eigenvalue weighted by Crippen LogP contribution is 2.18. The Labute approximate surface area is 106 Å². The fourth-order valence-corrected chi connectivity index (χ4v) is 1.97. The molecular weight excluding hydrogens is 228 g/mol. The smallest absolute Gasteiger partial charge is 0.228 e. The van der Waals surface area contributed by atoms with E-state index in [0.29, 0.717) is 6.54 Å². The van der Waals surface area contributed by atoms with Crippen molar-refractivity contribution in [3.8, 4) is 0 Å². The minimum absolute atomic E-state index is 0.0119. The summed E-state index contributed by atoms with van der Waals surface area (Å²) in [4.78, 5) is 12.0. The fraction of sp³-hybridized carbons (Fsp3) is 0.385. The molecule has 0 aliphatic rings. The van der Waals surface area contributed by atoms with Gasteiger partial charge in [-0.1, -0.05) is 13.3 Å². The fourth-order valence-electron chi connectivity index (χ4n) is 1.97. The van der Waals surface area contributed by atoms with Gasteiger partial charge in [0.1, 0.15) is 0 Å². The number of fused-ring (bicyclic) bond motifs is 1. The molecule has 0 aliphatic carbocycles. The predicted molar refractivity (Wildman–Crippen MR) is 72.2 cm³/mol. The van der Waals surface area contributed by atoms with Gasteiger partial charge in [-0.15, -0.1) is 0 Å². The molecule has 0 radical (unpaired) electrons. The standard InChI is InChI=1S/C13H18N4O/c1-2-3-9(7-14)13(18)16-11-4-5-12-10(6-11)8-15-17-12/h4-6,8-9H,2-3,7,14H2,1H3,(H,15,17)(H,16,18). The first-order valence-electron chi connectivity index (χ1n) is 6.18. The summed E-state index contributed by atoms with van der Waals surface area (Å²) >= 11 is 0. The van der Waals surface area contributed by atoms with E-state index in [0.717, 1.165) is 29.4 Å². The van der Waals surface area contributed by atoms with Crippen molar-refractivity contribution in [2.24, 2.45) is 11.7 Å². The van der Waals surface area contributed by atoms with Crippen LogP contribution in [0.1, 0.15) is 19.8 Å². The maximum Gasteiger partial charge on any atom is 0.228 e. The molecule has 96 valence electrons. The Balaban J connectivity index is 2.09. The Bertz CT molecular complexity index is 535. The summed E-state index contributed by atoms with van der Waals surface area (Å²) in [5, 5.41) is 10.7. The first-order valence-corrected chi connectivity index (χ1v) is 6.18. The van der Waals surface area contributed by atoms with Crippen molar-refractivity contribution in [1.29, 1.82) is 0 Å². The van der Waals surface area contributed by atoms with Crippen molar-refractivity contribution < 1.29 is 4.79 Å². The van der Waals surface area contributed by atoms with Crippen LogP contribution in [0, 0.1) is 5.92 Å². The molecule has 1 aromatic carbocycles. The number of carbonyl (C=O) groups is 1. The lowest BCUT2D eigenvalue weighted by atomic mass is 10.0. The number of nitrogens with two attached hydrogens (primary N) is 1. The van der Waals surface area contributed by atoms with Gasteiger partial charge in [0.15, 0.2) is 0 Å². The van der Waals surface area contributed by atoms with E-state index in [2.05, 4.69) is 15.5 Å². The third-order valence-electron chi connectivity index (χ3n) is 3.00. The third kappa shape index (κ3) is 2.68. The zero-order chi connectivity index (χ0) is 13.0. The maximum absolute atomic E-state index is 12.0. The van der Waals surface area contributed by atoms with Gasteiger partial charge in [0.05, 0.1) is 17.6 Å². The molecule has 18 heavy (non-hydrogen) atoms. The van der Waals surface area contributed by atoms with Crippen LogP contribution in [0.25, 0.3) is 10.9 Å². The number of nitrogens with zero attached hydrogens (tertiary/aromatic N) is 1. The minimum Gasteiger partial charge on any atom is -0.330 e. The Morgan fingerprint density at radius 2 is 2.39 bits per heavy atom. The second kappa shape index (κ2) is 5.64. The molecule has 2 rings (SSSR count). The van der Waals surface area contributed by atoms with E-state index in [1.807, 2.05) is 25.1 Å². The van der Waals surface area contributed by atoms with Crippen LogP contribution in [0.4, 0.5) is 5.69 Å². The number of hydrogen-bond acceptors (Lipinski definition) is 3. The number of nitrogens with one attached hydrogen (secondary N) is 2. The highest BCUT2D eigenvalue weighted by Gasteiger charge is 2.15. The molecule has 0 saturated heterocycles. The molecule has 0 aliphatic heterocycles. The highest BCUT2D eigenvalue weighted by molar-refractivity contribution is 5.95. The lowest BCUT2D eigenvalue weighted by Crippen LogP contribution is -2.29.